The van der Waals surface area contributed by atoms with Gasteiger partial charge in [-0.15, -0.1) is 0 Å². The van der Waals surface area contributed by atoms with E-state index in [1.165, 1.54) is 16.7 Å². The molecule has 0 aliphatic carbocycles. The molecule has 1 heterocycles. The van der Waals surface area contributed by atoms with Gasteiger partial charge in [0.05, 0.1) is 6.04 Å². The van der Waals surface area contributed by atoms with E-state index in [9.17, 15) is 4.79 Å². The van der Waals surface area contributed by atoms with E-state index >= 15 is 0 Å². The van der Waals surface area contributed by atoms with Crippen LogP contribution in [0.25, 0.3) is 0 Å². The standard InChI is InChI=1S/C17H16BrNO/c1-12-2-4-13(5-3-12)9-19-10-14-8-15(18)6-7-16(14)17(19)11-20/h2-8,11,17H,9-10H2,1H3. The number of benzene rings is 2. The van der Waals surface area contributed by atoms with Crippen molar-refractivity contribution in [1.29, 1.82) is 0 Å². The van der Waals surface area contributed by atoms with Crippen LogP contribution < -0.4 is 0 Å². The average Bonchev–Trinajstić information content (AvgIpc) is 2.77. The van der Waals surface area contributed by atoms with Gasteiger partial charge in [0.15, 0.2) is 0 Å². The number of hydrogen-bond donors (Lipinski definition) is 0. The molecule has 20 heavy (non-hydrogen) atoms. The Balaban J connectivity index is 1.85. The number of halogens is 1. The summed E-state index contributed by atoms with van der Waals surface area (Å²) in [6.07, 6.45) is 1.05. The summed E-state index contributed by atoms with van der Waals surface area (Å²) in [6, 6.07) is 14.5. The average molecular weight is 330 g/mol. The Morgan fingerprint density at radius 3 is 2.70 bits per heavy atom. The van der Waals surface area contributed by atoms with Gasteiger partial charge in [-0.05, 0) is 35.7 Å². The van der Waals surface area contributed by atoms with E-state index < -0.39 is 0 Å². The molecule has 102 valence electrons. The van der Waals surface area contributed by atoms with E-state index in [1.807, 2.05) is 12.1 Å². The molecule has 3 heteroatoms. The van der Waals surface area contributed by atoms with Crippen LogP contribution in [0.3, 0.4) is 0 Å². The lowest BCUT2D eigenvalue weighted by Crippen LogP contribution is -2.22. The Bertz CT molecular complexity index is 636. The van der Waals surface area contributed by atoms with E-state index in [4.69, 9.17) is 0 Å². The fraction of sp³-hybridized carbons (Fsp3) is 0.235. The Hall–Kier alpha value is -1.45. The smallest absolute Gasteiger partial charge is 0.141 e. The topological polar surface area (TPSA) is 20.3 Å². The maximum absolute atomic E-state index is 11.5. The molecule has 1 aliphatic heterocycles. The second-order valence-corrected chi connectivity index (χ2v) is 6.23. The van der Waals surface area contributed by atoms with Gasteiger partial charge in [-0.2, -0.15) is 0 Å². The van der Waals surface area contributed by atoms with Crippen molar-refractivity contribution in [2.24, 2.45) is 0 Å². The molecule has 0 saturated carbocycles. The quantitative estimate of drug-likeness (QED) is 0.793. The van der Waals surface area contributed by atoms with Crippen molar-refractivity contribution in [3.63, 3.8) is 0 Å². The third-order valence-electron chi connectivity index (χ3n) is 3.83. The molecule has 2 nitrogen and oxygen atoms in total. The van der Waals surface area contributed by atoms with Crippen molar-refractivity contribution in [2.75, 3.05) is 0 Å². The highest BCUT2D eigenvalue weighted by molar-refractivity contribution is 9.10. The molecule has 0 spiro atoms. The summed E-state index contributed by atoms with van der Waals surface area (Å²) in [4.78, 5) is 13.7. The van der Waals surface area contributed by atoms with Gasteiger partial charge >= 0.3 is 0 Å². The van der Waals surface area contributed by atoms with E-state index in [0.717, 1.165) is 29.4 Å². The highest BCUT2D eigenvalue weighted by Gasteiger charge is 2.29. The van der Waals surface area contributed by atoms with Crippen LogP contribution in [0.2, 0.25) is 0 Å². The van der Waals surface area contributed by atoms with Crippen LogP contribution in [0.15, 0.2) is 46.9 Å². The molecule has 3 rings (SSSR count). The zero-order valence-corrected chi connectivity index (χ0v) is 12.9. The predicted molar refractivity (Wildman–Crippen MR) is 83.4 cm³/mol. The number of nitrogens with zero attached hydrogens (tertiary/aromatic N) is 1. The Morgan fingerprint density at radius 1 is 1.25 bits per heavy atom. The Labute approximate surface area is 127 Å². The van der Waals surface area contributed by atoms with Gasteiger partial charge < -0.3 is 4.79 Å². The number of hydrogen-bond acceptors (Lipinski definition) is 2. The molecular weight excluding hydrogens is 314 g/mol. The van der Waals surface area contributed by atoms with Crippen molar-refractivity contribution < 1.29 is 4.79 Å². The van der Waals surface area contributed by atoms with E-state index in [1.54, 1.807) is 0 Å². The van der Waals surface area contributed by atoms with Crippen LogP contribution in [-0.2, 0) is 17.9 Å². The largest absolute Gasteiger partial charge is 0.301 e. The minimum atomic E-state index is -0.126. The molecule has 0 N–H and O–H groups in total. The molecule has 0 radical (unpaired) electrons. The SMILES string of the molecule is Cc1ccc(CN2Cc3cc(Br)ccc3C2C=O)cc1. The molecular formula is C17H16BrNO. The van der Waals surface area contributed by atoms with Gasteiger partial charge in [0.1, 0.15) is 6.29 Å². The van der Waals surface area contributed by atoms with Crippen LogP contribution in [0, 0.1) is 6.92 Å². The molecule has 0 fully saturated rings. The number of carbonyl (C=O) groups excluding carboxylic acids is 1. The van der Waals surface area contributed by atoms with Gasteiger partial charge in [0.25, 0.3) is 0 Å². The van der Waals surface area contributed by atoms with Crippen molar-refractivity contribution >= 4 is 22.2 Å². The number of aldehydes is 1. The maximum atomic E-state index is 11.5. The monoisotopic (exact) mass is 329 g/mol. The molecule has 2 aromatic rings. The van der Waals surface area contributed by atoms with Crippen molar-refractivity contribution in [3.05, 3.63) is 69.2 Å². The summed E-state index contributed by atoms with van der Waals surface area (Å²) in [7, 11) is 0. The molecule has 1 aliphatic rings. The van der Waals surface area contributed by atoms with Crippen molar-refractivity contribution in [2.45, 2.75) is 26.1 Å². The summed E-state index contributed by atoms with van der Waals surface area (Å²) in [6.45, 7) is 3.71. The van der Waals surface area contributed by atoms with Gasteiger partial charge in [-0.1, -0.05) is 51.8 Å². The third-order valence-corrected chi connectivity index (χ3v) is 4.32. The van der Waals surface area contributed by atoms with Gasteiger partial charge in [-0.3, -0.25) is 4.90 Å². The molecule has 0 aromatic heterocycles. The second-order valence-electron chi connectivity index (χ2n) is 5.31. The lowest BCUT2D eigenvalue weighted by Gasteiger charge is -2.20. The van der Waals surface area contributed by atoms with Crippen LogP contribution in [0.1, 0.15) is 28.3 Å². The molecule has 2 aromatic carbocycles. The Kier molecular flexibility index (Phi) is 3.72. The van der Waals surface area contributed by atoms with E-state index in [0.29, 0.717) is 0 Å². The number of fused-ring (bicyclic) bond motifs is 1. The summed E-state index contributed by atoms with van der Waals surface area (Å²) >= 11 is 3.49. The number of aryl methyl sites for hydroxylation is 1. The Morgan fingerprint density at radius 2 is 2.00 bits per heavy atom. The molecule has 1 unspecified atom stereocenters. The molecule has 0 bridgehead atoms. The summed E-state index contributed by atoms with van der Waals surface area (Å²) in [5.41, 5.74) is 4.88. The lowest BCUT2D eigenvalue weighted by molar-refractivity contribution is -0.112. The fourth-order valence-electron chi connectivity index (χ4n) is 2.76. The lowest BCUT2D eigenvalue weighted by atomic mass is 10.1. The first-order valence-corrected chi connectivity index (χ1v) is 7.50. The van der Waals surface area contributed by atoms with Crippen LogP contribution in [-0.4, -0.2) is 11.2 Å². The van der Waals surface area contributed by atoms with Crippen LogP contribution >= 0.6 is 15.9 Å². The summed E-state index contributed by atoms with van der Waals surface area (Å²) in [5.74, 6) is 0. The van der Waals surface area contributed by atoms with E-state index in [2.05, 4.69) is 58.1 Å². The first-order chi connectivity index (χ1) is 9.67. The van der Waals surface area contributed by atoms with Crippen LogP contribution in [0.4, 0.5) is 0 Å². The normalized spacial score (nSPS) is 18.0. The fourth-order valence-corrected chi connectivity index (χ4v) is 3.16. The van der Waals surface area contributed by atoms with Gasteiger partial charge in [0, 0.05) is 17.6 Å². The van der Waals surface area contributed by atoms with Crippen molar-refractivity contribution in [3.8, 4) is 0 Å². The second kappa shape index (κ2) is 5.51. The maximum Gasteiger partial charge on any atom is 0.141 e. The van der Waals surface area contributed by atoms with E-state index in [-0.39, 0.29) is 6.04 Å². The minimum absolute atomic E-state index is 0.126. The minimum Gasteiger partial charge on any atom is -0.301 e. The summed E-state index contributed by atoms with van der Waals surface area (Å²) in [5, 5.41) is 0. The highest BCUT2D eigenvalue weighted by Crippen LogP contribution is 2.34. The first kappa shape index (κ1) is 13.5. The number of carbonyl (C=O) groups is 1. The highest BCUT2D eigenvalue weighted by atomic mass is 79.9. The van der Waals surface area contributed by atoms with Gasteiger partial charge in [0.2, 0.25) is 0 Å². The van der Waals surface area contributed by atoms with Crippen molar-refractivity contribution in [1.82, 2.24) is 4.90 Å². The van der Waals surface area contributed by atoms with Gasteiger partial charge in [-0.25, -0.2) is 0 Å². The third kappa shape index (κ3) is 2.56. The number of rotatable bonds is 3. The predicted octanol–water partition coefficient (Wildman–Crippen LogP) is 4.01. The molecule has 1 atom stereocenters. The first-order valence-electron chi connectivity index (χ1n) is 6.70. The molecule has 0 amide bonds. The zero-order chi connectivity index (χ0) is 14.1. The van der Waals surface area contributed by atoms with Crippen LogP contribution in [0.5, 0.6) is 0 Å². The summed E-state index contributed by atoms with van der Waals surface area (Å²) < 4.78 is 1.07. The zero-order valence-electron chi connectivity index (χ0n) is 11.3. The molecule has 0 saturated heterocycles.